The number of nitrogens with zero attached hydrogens (tertiary/aromatic N) is 2. The Hall–Kier alpha value is -3.17. The number of benzene rings is 2. The van der Waals surface area contributed by atoms with Gasteiger partial charge in [0.2, 0.25) is 0 Å². The third-order valence-electron chi connectivity index (χ3n) is 4.46. The molecule has 0 radical (unpaired) electrons. The number of carbonyl (C=O) groups is 2. The summed E-state index contributed by atoms with van der Waals surface area (Å²) in [4.78, 5) is 29.2. The minimum absolute atomic E-state index is 0.366. The highest BCUT2D eigenvalue weighted by Gasteiger charge is 2.14. The van der Waals surface area contributed by atoms with Gasteiger partial charge < -0.3 is 23.5 Å². The van der Waals surface area contributed by atoms with Crippen LogP contribution in [0.15, 0.2) is 41.4 Å². The maximum absolute atomic E-state index is 12.7. The predicted molar refractivity (Wildman–Crippen MR) is 112 cm³/mol. The van der Waals surface area contributed by atoms with Crippen LogP contribution in [0.25, 0.3) is 10.2 Å². The summed E-state index contributed by atoms with van der Waals surface area (Å²) >= 11 is 1.37. The molecule has 0 fully saturated rings. The molecule has 8 nitrogen and oxygen atoms in total. The fraction of sp³-hybridized carbons (Fsp3) is 0.286. The molecule has 0 aliphatic heterocycles. The molecule has 9 heteroatoms. The van der Waals surface area contributed by atoms with Gasteiger partial charge in [-0.3, -0.25) is 4.79 Å². The van der Waals surface area contributed by atoms with Gasteiger partial charge >= 0.3 is 5.97 Å². The lowest BCUT2D eigenvalue weighted by molar-refractivity contribution is 0.0600. The first-order valence-corrected chi connectivity index (χ1v) is 9.85. The van der Waals surface area contributed by atoms with Crippen LogP contribution in [-0.4, -0.2) is 51.5 Å². The number of carbonyl (C=O) groups excluding carboxylic acids is 2. The number of ether oxygens (including phenoxy) is 4. The predicted octanol–water partition coefficient (Wildman–Crippen LogP) is 2.89. The molecule has 0 N–H and O–H groups in total. The van der Waals surface area contributed by atoms with E-state index in [0.717, 1.165) is 10.2 Å². The number of fused-ring (bicyclic) bond motifs is 1. The second-order valence-electron chi connectivity index (χ2n) is 6.19. The number of rotatable bonds is 7. The zero-order valence-corrected chi connectivity index (χ0v) is 17.9. The summed E-state index contributed by atoms with van der Waals surface area (Å²) in [7, 11) is 6.07. The minimum Gasteiger partial charge on any atom is -0.493 e. The van der Waals surface area contributed by atoms with Gasteiger partial charge in [-0.15, -0.1) is 0 Å². The Morgan fingerprint density at radius 2 is 1.60 bits per heavy atom. The number of amides is 1. The molecule has 1 amide bonds. The van der Waals surface area contributed by atoms with Crippen LogP contribution in [0, 0.1) is 0 Å². The van der Waals surface area contributed by atoms with Gasteiger partial charge in [-0.25, -0.2) is 4.79 Å². The van der Waals surface area contributed by atoms with E-state index in [4.69, 9.17) is 14.2 Å². The van der Waals surface area contributed by atoms with E-state index in [1.54, 1.807) is 33.5 Å². The molecule has 0 aliphatic rings. The van der Waals surface area contributed by atoms with Crippen LogP contribution in [0.4, 0.5) is 0 Å². The number of hydrogen-bond acceptors (Lipinski definition) is 7. The van der Waals surface area contributed by atoms with E-state index in [-0.39, 0.29) is 0 Å². The van der Waals surface area contributed by atoms with E-state index in [2.05, 4.69) is 9.73 Å². The van der Waals surface area contributed by atoms with Crippen molar-refractivity contribution in [2.75, 3.05) is 35.0 Å². The van der Waals surface area contributed by atoms with Gasteiger partial charge in [-0.2, -0.15) is 4.99 Å². The summed E-state index contributed by atoms with van der Waals surface area (Å²) in [6, 6.07) is 9.89. The quantitative estimate of drug-likeness (QED) is 0.536. The Bertz CT molecular complexity index is 1130. The topological polar surface area (TPSA) is 88.4 Å². The van der Waals surface area contributed by atoms with Crippen molar-refractivity contribution in [3.63, 3.8) is 0 Å². The van der Waals surface area contributed by atoms with Crippen LogP contribution < -0.4 is 14.3 Å². The fourth-order valence-electron chi connectivity index (χ4n) is 2.90. The Kier molecular flexibility index (Phi) is 6.86. The van der Waals surface area contributed by atoms with Gasteiger partial charge in [0, 0.05) is 31.4 Å². The first-order valence-electron chi connectivity index (χ1n) is 9.04. The van der Waals surface area contributed by atoms with Crippen LogP contribution >= 0.6 is 11.3 Å². The monoisotopic (exact) mass is 430 g/mol. The molecule has 1 aromatic heterocycles. The maximum Gasteiger partial charge on any atom is 0.337 e. The lowest BCUT2D eigenvalue weighted by Gasteiger charge is -2.09. The zero-order chi connectivity index (χ0) is 21.7. The second kappa shape index (κ2) is 9.55. The Balaban J connectivity index is 2.07. The highest BCUT2D eigenvalue weighted by atomic mass is 32.1. The minimum atomic E-state index is -0.462. The second-order valence-corrected chi connectivity index (χ2v) is 7.20. The molecule has 2 aromatic carbocycles. The lowest BCUT2D eigenvalue weighted by Crippen LogP contribution is -2.19. The number of hydrogen-bond donors (Lipinski definition) is 0. The largest absolute Gasteiger partial charge is 0.493 e. The molecule has 30 heavy (non-hydrogen) atoms. The molecule has 0 bridgehead atoms. The van der Waals surface area contributed by atoms with Crippen LogP contribution in [0.2, 0.25) is 0 Å². The zero-order valence-electron chi connectivity index (χ0n) is 17.1. The Morgan fingerprint density at radius 3 is 2.20 bits per heavy atom. The number of aromatic nitrogens is 1. The summed E-state index contributed by atoms with van der Waals surface area (Å²) in [5.41, 5.74) is 1.60. The number of methoxy groups -OCH3 is 4. The summed E-state index contributed by atoms with van der Waals surface area (Å²) in [6.45, 7) is 0.967. The van der Waals surface area contributed by atoms with Crippen molar-refractivity contribution in [3.8, 4) is 11.5 Å². The summed E-state index contributed by atoms with van der Waals surface area (Å²) in [5.74, 6) is 0.311. The van der Waals surface area contributed by atoms with E-state index in [1.807, 2.05) is 16.7 Å². The molecule has 0 spiro atoms. The third kappa shape index (κ3) is 4.37. The summed E-state index contributed by atoms with van der Waals surface area (Å²) in [6.07, 6.45) is 0. The molecule has 3 aromatic rings. The Labute approximate surface area is 177 Å². The molecular formula is C21H22N2O6S. The third-order valence-corrected chi connectivity index (χ3v) is 5.50. The van der Waals surface area contributed by atoms with Gasteiger partial charge in [-0.1, -0.05) is 11.3 Å². The van der Waals surface area contributed by atoms with E-state index in [1.165, 1.54) is 30.6 Å². The highest BCUT2D eigenvalue weighted by Crippen LogP contribution is 2.33. The average Bonchev–Trinajstić information content (AvgIpc) is 3.11. The first-order chi connectivity index (χ1) is 14.5. The van der Waals surface area contributed by atoms with Gasteiger partial charge in [0.05, 0.1) is 43.7 Å². The lowest BCUT2D eigenvalue weighted by atomic mass is 10.1. The normalized spacial score (nSPS) is 11.5. The van der Waals surface area contributed by atoms with Gasteiger partial charge in [0.1, 0.15) is 0 Å². The van der Waals surface area contributed by atoms with E-state index < -0.39 is 11.9 Å². The Morgan fingerprint density at radius 1 is 0.967 bits per heavy atom. The van der Waals surface area contributed by atoms with Crippen LogP contribution in [0.5, 0.6) is 11.5 Å². The van der Waals surface area contributed by atoms with E-state index in [9.17, 15) is 9.59 Å². The smallest absolute Gasteiger partial charge is 0.337 e. The molecule has 0 aliphatic carbocycles. The van der Waals surface area contributed by atoms with Crippen molar-refractivity contribution in [3.05, 3.63) is 52.3 Å². The van der Waals surface area contributed by atoms with E-state index in [0.29, 0.717) is 40.6 Å². The number of thiazole rings is 1. The average molecular weight is 430 g/mol. The van der Waals surface area contributed by atoms with Crippen LogP contribution in [0.1, 0.15) is 20.7 Å². The van der Waals surface area contributed by atoms with Crippen molar-refractivity contribution in [2.45, 2.75) is 6.54 Å². The highest BCUT2D eigenvalue weighted by molar-refractivity contribution is 7.16. The van der Waals surface area contributed by atoms with Crippen LogP contribution in [-0.2, 0) is 16.0 Å². The molecule has 0 unspecified atom stereocenters. The van der Waals surface area contributed by atoms with Gasteiger partial charge in [-0.05, 0) is 24.3 Å². The standard InChI is InChI=1S/C21H22N2O6S/c1-26-10-9-23-15-11-16(27-2)17(28-3)12-18(15)30-21(23)22-19(24)13-5-7-14(8-6-13)20(25)29-4/h5-8,11-12H,9-10H2,1-4H3. The van der Waals surface area contributed by atoms with E-state index >= 15 is 0 Å². The first kappa shape index (κ1) is 21.5. The molecule has 0 atom stereocenters. The summed E-state index contributed by atoms with van der Waals surface area (Å²) in [5, 5.41) is 0. The molecule has 0 saturated carbocycles. The SMILES string of the molecule is COCCn1c(=NC(=O)c2ccc(C(=O)OC)cc2)sc2cc(OC)c(OC)cc21. The van der Waals surface area contributed by atoms with Crippen molar-refractivity contribution >= 4 is 33.4 Å². The molecule has 1 heterocycles. The number of esters is 1. The summed E-state index contributed by atoms with van der Waals surface area (Å²) < 4.78 is 23.5. The fourth-order valence-corrected chi connectivity index (χ4v) is 3.96. The van der Waals surface area contributed by atoms with Gasteiger partial charge in [0.15, 0.2) is 16.3 Å². The van der Waals surface area contributed by atoms with Crippen LogP contribution in [0.3, 0.4) is 0 Å². The van der Waals surface area contributed by atoms with Crippen molar-refractivity contribution in [2.24, 2.45) is 4.99 Å². The molecule has 3 rings (SSSR count). The van der Waals surface area contributed by atoms with Gasteiger partial charge in [0.25, 0.3) is 5.91 Å². The van der Waals surface area contributed by atoms with Crippen molar-refractivity contribution in [1.29, 1.82) is 0 Å². The molecular weight excluding hydrogens is 408 g/mol. The molecule has 158 valence electrons. The maximum atomic E-state index is 12.7. The van der Waals surface area contributed by atoms with Crippen molar-refractivity contribution < 1.29 is 28.5 Å². The molecule has 0 saturated heterocycles. The van der Waals surface area contributed by atoms with Crippen molar-refractivity contribution in [1.82, 2.24) is 4.57 Å².